The fraction of sp³-hybridized carbons (Fsp3) is 0.462. The number of aliphatic hydroxyl groups excluding tert-OH is 1. The summed E-state index contributed by atoms with van der Waals surface area (Å²) in [6.07, 6.45) is -0.546. The topological polar surface area (TPSA) is 61.8 Å². The minimum absolute atomic E-state index is 0.247. The van der Waals surface area contributed by atoms with Crippen molar-refractivity contribution in [2.75, 3.05) is 26.7 Å². The highest BCUT2D eigenvalue weighted by Gasteiger charge is 2.09. The SMILES string of the molecule is CC(O)CN(C)C(=O)NCCOc1ccccc1Cl. The number of rotatable bonds is 6. The number of ether oxygens (including phenoxy) is 1. The van der Waals surface area contributed by atoms with Gasteiger partial charge in [0.15, 0.2) is 0 Å². The number of urea groups is 1. The van der Waals surface area contributed by atoms with E-state index in [-0.39, 0.29) is 12.6 Å². The van der Waals surface area contributed by atoms with Gasteiger partial charge in [-0.2, -0.15) is 0 Å². The smallest absolute Gasteiger partial charge is 0.317 e. The quantitative estimate of drug-likeness (QED) is 0.783. The first-order chi connectivity index (χ1) is 9.00. The van der Waals surface area contributed by atoms with Crippen molar-refractivity contribution in [3.63, 3.8) is 0 Å². The second kappa shape index (κ2) is 7.86. The number of nitrogens with zero attached hydrogens (tertiary/aromatic N) is 1. The summed E-state index contributed by atoms with van der Waals surface area (Å²) in [7, 11) is 1.62. The standard InChI is InChI=1S/C13H19ClN2O3/c1-10(17)9-16(2)13(18)15-7-8-19-12-6-4-3-5-11(12)14/h3-6,10,17H,7-9H2,1-2H3,(H,15,18). The minimum atomic E-state index is -0.546. The summed E-state index contributed by atoms with van der Waals surface area (Å²) >= 11 is 5.93. The van der Waals surface area contributed by atoms with E-state index in [9.17, 15) is 4.79 Å². The number of amides is 2. The number of likely N-dealkylation sites (N-methyl/N-ethyl adjacent to an activating group) is 1. The Hall–Kier alpha value is -1.46. The Labute approximate surface area is 118 Å². The number of carbonyl (C=O) groups excluding carboxylic acids is 1. The molecular weight excluding hydrogens is 268 g/mol. The normalized spacial score (nSPS) is 11.8. The van der Waals surface area contributed by atoms with Crippen LogP contribution >= 0.6 is 11.6 Å². The van der Waals surface area contributed by atoms with Crippen molar-refractivity contribution in [1.29, 1.82) is 0 Å². The van der Waals surface area contributed by atoms with Gasteiger partial charge in [0, 0.05) is 13.6 Å². The molecule has 1 atom stereocenters. The molecular formula is C13H19ClN2O3. The molecule has 0 aliphatic rings. The van der Waals surface area contributed by atoms with Gasteiger partial charge in [-0.3, -0.25) is 0 Å². The second-order valence-electron chi connectivity index (χ2n) is 4.24. The molecule has 0 aliphatic carbocycles. The first-order valence-corrected chi connectivity index (χ1v) is 6.43. The lowest BCUT2D eigenvalue weighted by molar-refractivity contribution is 0.143. The average Bonchev–Trinajstić information content (AvgIpc) is 2.35. The van der Waals surface area contributed by atoms with Crippen LogP contribution in [0.15, 0.2) is 24.3 Å². The van der Waals surface area contributed by atoms with E-state index in [2.05, 4.69) is 5.32 Å². The lowest BCUT2D eigenvalue weighted by atomic mass is 10.3. The predicted octanol–water partition coefficient (Wildman–Crippen LogP) is 1.74. The second-order valence-corrected chi connectivity index (χ2v) is 4.65. The Bertz CT molecular complexity index is 413. The number of benzene rings is 1. The van der Waals surface area contributed by atoms with Crippen LogP contribution in [0.3, 0.4) is 0 Å². The van der Waals surface area contributed by atoms with Crippen LogP contribution in [-0.4, -0.2) is 48.9 Å². The van der Waals surface area contributed by atoms with Crippen molar-refractivity contribution in [2.24, 2.45) is 0 Å². The monoisotopic (exact) mass is 286 g/mol. The molecule has 0 aliphatic heterocycles. The molecule has 19 heavy (non-hydrogen) atoms. The van der Waals surface area contributed by atoms with Gasteiger partial charge >= 0.3 is 6.03 Å². The number of para-hydroxylation sites is 1. The third-order valence-corrected chi connectivity index (χ3v) is 2.67. The van der Waals surface area contributed by atoms with Crippen molar-refractivity contribution in [1.82, 2.24) is 10.2 Å². The Morgan fingerprint density at radius 3 is 2.84 bits per heavy atom. The highest BCUT2D eigenvalue weighted by atomic mass is 35.5. The van der Waals surface area contributed by atoms with E-state index in [0.717, 1.165) is 0 Å². The van der Waals surface area contributed by atoms with E-state index >= 15 is 0 Å². The first-order valence-electron chi connectivity index (χ1n) is 6.05. The molecule has 1 rings (SSSR count). The molecule has 1 unspecified atom stereocenters. The lowest BCUT2D eigenvalue weighted by Crippen LogP contribution is -2.42. The fourth-order valence-electron chi connectivity index (χ4n) is 1.49. The maximum Gasteiger partial charge on any atom is 0.317 e. The van der Waals surface area contributed by atoms with E-state index in [1.54, 1.807) is 26.1 Å². The molecule has 0 heterocycles. The average molecular weight is 287 g/mol. The molecule has 5 nitrogen and oxygen atoms in total. The van der Waals surface area contributed by atoms with Gasteiger partial charge in [0.25, 0.3) is 0 Å². The van der Waals surface area contributed by atoms with Gasteiger partial charge in [-0.05, 0) is 19.1 Å². The van der Waals surface area contributed by atoms with Crippen LogP contribution in [0.1, 0.15) is 6.92 Å². The minimum Gasteiger partial charge on any atom is -0.490 e. The molecule has 106 valence electrons. The molecule has 2 N–H and O–H groups in total. The van der Waals surface area contributed by atoms with Crippen LogP contribution < -0.4 is 10.1 Å². The first kappa shape index (κ1) is 15.6. The Morgan fingerprint density at radius 2 is 2.21 bits per heavy atom. The van der Waals surface area contributed by atoms with Gasteiger partial charge in [-0.15, -0.1) is 0 Å². The molecule has 2 amide bonds. The van der Waals surface area contributed by atoms with Gasteiger partial charge in [-0.1, -0.05) is 23.7 Å². The predicted molar refractivity (Wildman–Crippen MR) is 74.7 cm³/mol. The summed E-state index contributed by atoms with van der Waals surface area (Å²) in [4.78, 5) is 13.0. The third-order valence-electron chi connectivity index (χ3n) is 2.36. The molecule has 0 spiro atoms. The zero-order valence-corrected chi connectivity index (χ0v) is 11.9. The fourth-order valence-corrected chi connectivity index (χ4v) is 1.69. The van der Waals surface area contributed by atoms with Gasteiger partial charge in [0.2, 0.25) is 0 Å². The number of hydrogen-bond donors (Lipinski definition) is 2. The molecule has 0 bridgehead atoms. The van der Waals surface area contributed by atoms with Crippen LogP contribution in [0.2, 0.25) is 5.02 Å². The number of halogens is 1. The maximum atomic E-state index is 11.6. The van der Waals surface area contributed by atoms with Crippen LogP contribution in [-0.2, 0) is 0 Å². The summed E-state index contributed by atoms with van der Waals surface area (Å²) in [5.74, 6) is 0.593. The van der Waals surface area contributed by atoms with E-state index in [1.807, 2.05) is 12.1 Å². The zero-order valence-electron chi connectivity index (χ0n) is 11.1. The number of aliphatic hydroxyl groups is 1. The molecule has 0 radical (unpaired) electrons. The van der Waals surface area contributed by atoms with Gasteiger partial charge in [-0.25, -0.2) is 4.79 Å². The molecule has 0 fully saturated rings. The number of hydrogen-bond acceptors (Lipinski definition) is 3. The lowest BCUT2D eigenvalue weighted by Gasteiger charge is -2.19. The highest BCUT2D eigenvalue weighted by molar-refractivity contribution is 6.32. The summed E-state index contributed by atoms with van der Waals surface area (Å²) in [6, 6.07) is 6.91. The van der Waals surface area contributed by atoms with Crippen LogP contribution in [0.5, 0.6) is 5.75 Å². The van der Waals surface area contributed by atoms with Gasteiger partial charge in [0.05, 0.1) is 17.7 Å². The van der Waals surface area contributed by atoms with Crippen molar-refractivity contribution in [3.05, 3.63) is 29.3 Å². The van der Waals surface area contributed by atoms with E-state index in [4.69, 9.17) is 21.4 Å². The molecule has 1 aromatic rings. The summed E-state index contributed by atoms with van der Waals surface area (Å²) in [6.45, 7) is 2.62. The highest BCUT2D eigenvalue weighted by Crippen LogP contribution is 2.22. The van der Waals surface area contributed by atoms with Crippen LogP contribution in [0, 0.1) is 0 Å². The maximum absolute atomic E-state index is 11.6. The van der Waals surface area contributed by atoms with Crippen molar-refractivity contribution >= 4 is 17.6 Å². The van der Waals surface area contributed by atoms with E-state index in [0.29, 0.717) is 23.9 Å². The Kier molecular flexibility index (Phi) is 6.45. The summed E-state index contributed by atoms with van der Waals surface area (Å²) in [5.41, 5.74) is 0. The summed E-state index contributed by atoms with van der Waals surface area (Å²) in [5, 5.41) is 12.4. The molecule has 0 saturated heterocycles. The van der Waals surface area contributed by atoms with Crippen molar-refractivity contribution < 1.29 is 14.6 Å². The zero-order chi connectivity index (χ0) is 14.3. The van der Waals surface area contributed by atoms with Crippen molar-refractivity contribution in [2.45, 2.75) is 13.0 Å². The van der Waals surface area contributed by atoms with Crippen molar-refractivity contribution in [3.8, 4) is 5.75 Å². The number of nitrogens with one attached hydrogen (secondary N) is 1. The Balaban J connectivity index is 2.24. The van der Waals surface area contributed by atoms with Gasteiger partial charge in [0.1, 0.15) is 12.4 Å². The molecule has 0 aromatic heterocycles. The Morgan fingerprint density at radius 1 is 1.53 bits per heavy atom. The molecule has 0 saturated carbocycles. The van der Waals surface area contributed by atoms with E-state index < -0.39 is 6.10 Å². The van der Waals surface area contributed by atoms with Gasteiger partial charge < -0.3 is 20.1 Å². The summed E-state index contributed by atoms with van der Waals surface area (Å²) < 4.78 is 5.43. The van der Waals surface area contributed by atoms with Crippen LogP contribution in [0.25, 0.3) is 0 Å². The molecule has 1 aromatic carbocycles. The van der Waals surface area contributed by atoms with E-state index in [1.165, 1.54) is 4.90 Å². The van der Waals surface area contributed by atoms with Crippen LogP contribution in [0.4, 0.5) is 4.79 Å². The number of carbonyl (C=O) groups is 1. The molecule has 6 heteroatoms. The largest absolute Gasteiger partial charge is 0.490 e. The third kappa shape index (κ3) is 5.81.